The number of thiazole rings is 1. The summed E-state index contributed by atoms with van der Waals surface area (Å²) >= 11 is 1.26. The number of nitrogen functional groups attached to an aromatic ring is 1. The zero-order valence-corrected chi connectivity index (χ0v) is 10.7. The summed E-state index contributed by atoms with van der Waals surface area (Å²) in [5, 5.41) is 5.93. The Hall–Kier alpha value is -2.29. The topological polar surface area (TPSA) is 72.5 Å². The van der Waals surface area contributed by atoms with Crippen LogP contribution in [-0.2, 0) is 0 Å². The van der Waals surface area contributed by atoms with E-state index < -0.39 is 18.2 Å². The Bertz CT molecular complexity index is 617. The second-order valence-electron chi connectivity index (χ2n) is 3.52. The maximum Gasteiger partial charge on any atom is 0.387 e. The molecule has 0 fully saturated rings. The lowest BCUT2D eigenvalue weighted by Gasteiger charge is -2.05. The van der Waals surface area contributed by atoms with Crippen LogP contribution < -0.4 is 15.9 Å². The molecule has 0 bridgehead atoms. The van der Waals surface area contributed by atoms with Gasteiger partial charge in [-0.15, -0.1) is 11.3 Å². The van der Waals surface area contributed by atoms with E-state index in [9.17, 15) is 13.2 Å². The van der Waals surface area contributed by atoms with Crippen LogP contribution in [-0.4, -0.2) is 17.8 Å². The van der Waals surface area contributed by atoms with Crippen molar-refractivity contribution in [3.05, 3.63) is 35.0 Å². The Labute approximate surface area is 115 Å². The second-order valence-corrected chi connectivity index (χ2v) is 4.37. The number of nitrogens with two attached hydrogens (primary N) is 1. The van der Waals surface area contributed by atoms with E-state index in [1.807, 2.05) is 0 Å². The lowest BCUT2D eigenvalue weighted by molar-refractivity contribution is -0.0521. The van der Waals surface area contributed by atoms with Gasteiger partial charge in [-0.3, -0.25) is 5.43 Å². The molecule has 2 aromatic rings. The minimum atomic E-state index is -3.07. The lowest BCUT2D eigenvalue weighted by Crippen LogP contribution is -2.04. The van der Waals surface area contributed by atoms with Gasteiger partial charge >= 0.3 is 6.61 Å². The molecule has 0 aliphatic heterocycles. The van der Waals surface area contributed by atoms with Crippen LogP contribution in [0.1, 0.15) is 5.56 Å². The van der Waals surface area contributed by atoms with Crippen LogP contribution in [0.15, 0.2) is 28.7 Å². The Kier molecular flexibility index (Phi) is 4.41. The number of nitrogens with zero attached hydrogens (tertiary/aromatic N) is 2. The molecule has 0 saturated heterocycles. The van der Waals surface area contributed by atoms with Crippen molar-refractivity contribution in [3.8, 4) is 5.75 Å². The molecule has 0 unspecified atom stereocenters. The number of hydrogen-bond acceptors (Lipinski definition) is 6. The molecule has 2 rings (SSSR count). The average molecular weight is 302 g/mol. The van der Waals surface area contributed by atoms with Crippen molar-refractivity contribution in [2.75, 3.05) is 11.2 Å². The number of aromatic nitrogens is 1. The van der Waals surface area contributed by atoms with Gasteiger partial charge in [-0.2, -0.15) is 13.9 Å². The average Bonchev–Trinajstić information content (AvgIpc) is 2.78. The molecule has 1 aromatic carbocycles. The monoisotopic (exact) mass is 302 g/mol. The van der Waals surface area contributed by atoms with Crippen LogP contribution in [0.4, 0.5) is 24.1 Å². The number of rotatable bonds is 5. The summed E-state index contributed by atoms with van der Waals surface area (Å²) < 4.78 is 41.3. The van der Waals surface area contributed by atoms with Crippen LogP contribution in [0.5, 0.6) is 5.75 Å². The Morgan fingerprint density at radius 3 is 2.85 bits per heavy atom. The molecule has 3 N–H and O–H groups in total. The van der Waals surface area contributed by atoms with E-state index in [0.717, 1.165) is 12.1 Å². The van der Waals surface area contributed by atoms with E-state index >= 15 is 0 Å². The van der Waals surface area contributed by atoms with Gasteiger partial charge in [0.25, 0.3) is 0 Å². The molecule has 20 heavy (non-hydrogen) atoms. The Balaban J connectivity index is 2.01. The highest BCUT2D eigenvalue weighted by Gasteiger charge is 2.09. The molecular formula is C11H9F3N4OS. The third-order valence-electron chi connectivity index (χ3n) is 2.07. The molecule has 5 nitrogen and oxygen atoms in total. The first-order valence-electron chi connectivity index (χ1n) is 5.29. The first kappa shape index (κ1) is 14.1. The van der Waals surface area contributed by atoms with Gasteiger partial charge in [0.15, 0.2) is 11.6 Å². The van der Waals surface area contributed by atoms with Crippen molar-refractivity contribution in [1.82, 2.24) is 4.98 Å². The van der Waals surface area contributed by atoms with Crippen LogP contribution >= 0.6 is 11.3 Å². The van der Waals surface area contributed by atoms with Crippen molar-refractivity contribution < 1.29 is 17.9 Å². The first-order valence-corrected chi connectivity index (χ1v) is 6.17. The van der Waals surface area contributed by atoms with Gasteiger partial charge in [-0.1, -0.05) is 0 Å². The fraction of sp³-hybridized carbons (Fsp3) is 0.0909. The van der Waals surface area contributed by atoms with Crippen molar-refractivity contribution in [3.63, 3.8) is 0 Å². The number of hydrazone groups is 1. The molecule has 0 amide bonds. The van der Waals surface area contributed by atoms with Crippen LogP contribution in [0.2, 0.25) is 0 Å². The van der Waals surface area contributed by atoms with E-state index in [0.29, 0.717) is 16.5 Å². The molecular weight excluding hydrogens is 293 g/mol. The molecule has 0 saturated carbocycles. The molecule has 1 aromatic heterocycles. The largest absolute Gasteiger partial charge is 0.432 e. The van der Waals surface area contributed by atoms with Gasteiger partial charge in [0.1, 0.15) is 5.82 Å². The van der Waals surface area contributed by atoms with E-state index in [4.69, 9.17) is 5.73 Å². The Morgan fingerprint density at radius 2 is 2.25 bits per heavy atom. The summed E-state index contributed by atoms with van der Waals surface area (Å²) in [4.78, 5) is 3.90. The fourth-order valence-corrected chi connectivity index (χ4v) is 1.84. The standard InChI is InChI=1S/C11H9F3N4OS/c12-7-3-6(1-2-8(7)19-10(13)14)4-16-18-11-17-9(15)5-20-11/h1-5,10H,15H2,(H,17,18). The Morgan fingerprint density at radius 1 is 1.45 bits per heavy atom. The van der Waals surface area contributed by atoms with E-state index in [2.05, 4.69) is 20.2 Å². The minimum Gasteiger partial charge on any atom is -0.432 e. The van der Waals surface area contributed by atoms with Crippen LogP contribution in [0.25, 0.3) is 0 Å². The number of benzene rings is 1. The minimum absolute atomic E-state index is 0.368. The molecule has 0 aliphatic carbocycles. The van der Waals surface area contributed by atoms with E-state index in [1.54, 1.807) is 5.38 Å². The highest BCUT2D eigenvalue weighted by molar-refractivity contribution is 7.14. The van der Waals surface area contributed by atoms with Gasteiger partial charge in [0, 0.05) is 5.38 Å². The van der Waals surface area contributed by atoms with Crippen LogP contribution in [0.3, 0.4) is 0 Å². The summed E-state index contributed by atoms with van der Waals surface area (Å²) in [6.07, 6.45) is 1.31. The highest BCUT2D eigenvalue weighted by Crippen LogP contribution is 2.20. The van der Waals surface area contributed by atoms with Crippen molar-refractivity contribution in [2.24, 2.45) is 5.10 Å². The van der Waals surface area contributed by atoms with Gasteiger partial charge in [-0.05, 0) is 23.8 Å². The number of hydrogen-bond donors (Lipinski definition) is 2. The third-order valence-corrected chi connectivity index (χ3v) is 2.83. The summed E-state index contributed by atoms with van der Waals surface area (Å²) in [5.41, 5.74) is 8.40. The van der Waals surface area contributed by atoms with Crippen molar-refractivity contribution in [2.45, 2.75) is 6.61 Å². The summed E-state index contributed by atoms with van der Waals surface area (Å²) in [7, 11) is 0. The van der Waals surface area contributed by atoms with Gasteiger partial charge in [0.2, 0.25) is 5.13 Å². The number of ether oxygens (including phenoxy) is 1. The smallest absolute Gasteiger partial charge is 0.387 e. The third kappa shape index (κ3) is 3.85. The normalized spacial score (nSPS) is 11.2. The van der Waals surface area contributed by atoms with Gasteiger partial charge in [0.05, 0.1) is 6.21 Å². The fourth-order valence-electron chi connectivity index (χ4n) is 1.29. The predicted octanol–water partition coefficient (Wildman–Crippen LogP) is 2.91. The maximum absolute atomic E-state index is 13.4. The van der Waals surface area contributed by atoms with E-state index in [-0.39, 0.29) is 0 Å². The number of nitrogens with one attached hydrogen (secondary N) is 1. The number of halogens is 3. The number of anilines is 2. The number of alkyl halides is 2. The summed E-state index contributed by atoms with van der Waals surface area (Å²) in [6, 6.07) is 3.52. The van der Waals surface area contributed by atoms with Gasteiger partial charge in [-0.25, -0.2) is 9.37 Å². The molecule has 106 valence electrons. The molecule has 0 spiro atoms. The van der Waals surface area contributed by atoms with E-state index in [1.165, 1.54) is 23.6 Å². The molecule has 1 heterocycles. The second kappa shape index (κ2) is 6.24. The zero-order valence-electron chi connectivity index (χ0n) is 9.89. The quantitative estimate of drug-likeness (QED) is 0.658. The molecule has 0 atom stereocenters. The van der Waals surface area contributed by atoms with Crippen LogP contribution in [0, 0.1) is 5.82 Å². The maximum atomic E-state index is 13.4. The predicted molar refractivity (Wildman–Crippen MR) is 70.8 cm³/mol. The summed E-state index contributed by atoms with van der Waals surface area (Å²) in [5.74, 6) is -1.04. The first-order chi connectivity index (χ1) is 9.54. The van der Waals surface area contributed by atoms with Gasteiger partial charge < -0.3 is 10.5 Å². The van der Waals surface area contributed by atoms with Crippen molar-refractivity contribution in [1.29, 1.82) is 0 Å². The SMILES string of the molecule is Nc1csc(NN=Cc2ccc(OC(F)F)c(F)c2)n1. The lowest BCUT2D eigenvalue weighted by atomic mass is 10.2. The molecule has 0 radical (unpaired) electrons. The summed E-state index contributed by atoms with van der Waals surface area (Å²) in [6.45, 7) is -3.07. The molecule has 9 heteroatoms. The van der Waals surface area contributed by atoms with Crippen molar-refractivity contribution >= 4 is 28.5 Å². The molecule has 0 aliphatic rings. The zero-order chi connectivity index (χ0) is 14.5. The highest BCUT2D eigenvalue weighted by atomic mass is 32.1.